The molecular weight excluding hydrogens is 379 g/mol. The summed E-state index contributed by atoms with van der Waals surface area (Å²) in [5, 5.41) is 12.6. The molecule has 1 N–H and O–H groups in total. The van der Waals surface area contributed by atoms with E-state index in [1.165, 1.54) is 12.1 Å². The second-order valence-electron chi connectivity index (χ2n) is 6.15. The average Bonchev–Trinajstić information content (AvgIpc) is 2.71. The van der Waals surface area contributed by atoms with E-state index >= 15 is 0 Å². The maximum Gasteiger partial charge on any atom is 0.316 e. The molecule has 0 unspecified atom stereocenters. The minimum absolute atomic E-state index is 0.0379. The largest absolute Gasteiger partial charge is 0.460 e. The number of nitrogens with one attached hydrogen (secondary N) is 1. The van der Waals surface area contributed by atoms with Crippen molar-refractivity contribution in [3.8, 4) is 6.07 Å². The van der Waals surface area contributed by atoms with E-state index in [4.69, 9.17) is 4.74 Å². The standard InChI is InChI=1S/C21H17FN2O3S/c22-16-8-6-15(7-9-16)17-10-19(25)24-21(18(17)11-23)28-13-20(26)27-12-14-4-2-1-3-5-14/h1-9,17H,10,12-13H2,(H,24,25)/t17-/m0/s1. The number of benzene rings is 2. The number of rotatable bonds is 6. The first-order valence-electron chi connectivity index (χ1n) is 8.58. The molecule has 2 aromatic carbocycles. The third kappa shape index (κ3) is 4.99. The number of thioether (sulfide) groups is 1. The van der Waals surface area contributed by atoms with Crippen molar-refractivity contribution in [3.63, 3.8) is 0 Å². The summed E-state index contributed by atoms with van der Waals surface area (Å²) < 4.78 is 18.4. The lowest BCUT2D eigenvalue weighted by molar-refractivity contribution is -0.141. The van der Waals surface area contributed by atoms with Gasteiger partial charge in [0.1, 0.15) is 12.4 Å². The van der Waals surface area contributed by atoms with E-state index in [9.17, 15) is 19.2 Å². The lowest BCUT2D eigenvalue weighted by Crippen LogP contribution is -2.31. The SMILES string of the molecule is N#CC1=C(SCC(=O)OCc2ccccc2)NC(=O)C[C@H]1c1ccc(F)cc1. The van der Waals surface area contributed by atoms with Gasteiger partial charge in [-0.1, -0.05) is 54.2 Å². The number of allylic oxidation sites excluding steroid dienone is 1. The van der Waals surface area contributed by atoms with Gasteiger partial charge in [-0.05, 0) is 23.3 Å². The van der Waals surface area contributed by atoms with Crippen molar-refractivity contribution in [2.75, 3.05) is 5.75 Å². The van der Waals surface area contributed by atoms with Crippen LogP contribution in [-0.2, 0) is 20.9 Å². The maximum atomic E-state index is 13.2. The van der Waals surface area contributed by atoms with Gasteiger partial charge in [-0.2, -0.15) is 5.26 Å². The average molecular weight is 396 g/mol. The minimum Gasteiger partial charge on any atom is -0.460 e. The molecule has 28 heavy (non-hydrogen) atoms. The van der Waals surface area contributed by atoms with Gasteiger partial charge in [-0.15, -0.1) is 0 Å². The Morgan fingerprint density at radius 2 is 1.93 bits per heavy atom. The van der Waals surface area contributed by atoms with Gasteiger partial charge < -0.3 is 10.1 Å². The molecule has 0 radical (unpaired) electrons. The molecule has 142 valence electrons. The summed E-state index contributed by atoms with van der Waals surface area (Å²) in [5.41, 5.74) is 1.91. The zero-order valence-corrected chi connectivity index (χ0v) is 15.7. The Labute approximate surface area is 166 Å². The Morgan fingerprint density at radius 3 is 2.61 bits per heavy atom. The Bertz CT molecular complexity index is 936. The first kappa shape index (κ1) is 19.6. The summed E-state index contributed by atoms with van der Waals surface area (Å²) >= 11 is 1.06. The zero-order chi connectivity index (χ0) is 19.9. The fourth-order valence-corrected chi connectivity index (χ4v) is 3.70. The van der Waals surface area contributed by atoms with Crippen LogP contribution in [0.5, 0.6) is 0 Å². The molecule has 3 rings (SSSR count). The number of nitriles is 1. The number of amides is 1. The molecule has 0 saturated heterocycles. The van der Waals surface area contributed by atoms with Crippen molar-refractivity contribution in [2.24, 2.45) is 0 Å². The normalized spacial score (nSPS) is 16.3. The minimum atomic E-state index is -0.470. The summed E-state index contributed by atoms with van der Waals surface area (Å²) in [7, 11) is 0. The Kier molecular flexibility index (Phi) is 6.45. The van der Waals surface area contributed by atoms with Crippen LogP contribution >= 0.6 is 11.8 Å². The van der Waals surface area contributed by atoms with Gasteiger partial charge in [0.15, 0.2) is 0 Å². The van der Waals surface area contributed by atoms with Crippen LogP contribution in [0.2, 0.25) is 0 Å². The highest BCUT2D eigenvalue weighted by molar-refractivity contribution is 8.03. The van der Waals surface area contributed by atoms with E-state index in [0.29, 0.717) is 16.2 Å². The second kappa shape index (κ2) is 9.20. The van der Waals surface area contributed by atoms with Crippen LogP contribution in [0.15, 0.2) is 65.2 Å². The Morgan fingerprint density at radius 1 is 1.21 bits per heavy atom. The van der Waals surface area contributed by atoms with Gasteiger partial charge in [0.25, 0.3) is 0 Å². The van der Waals surface area contributed by atoms with Crippen LogP contribution in [0.1, 0.15) is 23.5 Å². The maximum absolute atomic E-state index is 13.2. The molecular formula is C21H17FN2O3S. The number of hydrogen-bond acceptors (Lipinski definition) is 5. The molecule has 0 spiro atoms. The number of carbonyl (C=O) groups is 2. The van der Waals surface area contributed by atoms with Crippen LogP contribution < -0.4 is 5.32 Å². The first-order chi connectivity index (χ1) is 13.6. The van der Waals surface area contributed by atoms with Crippen molar-refractivity contribution < 1.29 is 18.7 Å². The van der Waals surface area contributed by atoms with Gasteiger partial charge in [0, 0.05) is 12.3 Å². The lowest BCUT2D eigenvalue weighted by Gasteiger charge is -2.25. The quantitative estimate of drug-likeness (QED) is 0.754. The molecule has 1 amide bonds. The number of halogens is 1. The Balaban J connectivity index is 1.68. The number of ether oxygens (including phenoxy) is 1. The molecule has 1 heterocycles. The molecule has 0 saturated carbocycles. The third-order valence-electron chi connectivity index (χ3n) is 4.21. The monoisotopic (exact) mass is 396 g/mol. The van der Waals surface area contributed by atoms with Gasteiger partial charge in [-0.25, -0.2) is 4.39 Å². The van der Waals surface area contributed by atoms with E-state index in [1.807, 2.05) is 30.3 Å². The zero-order valence-electron chi connectivity index (χ0n) is 14.9. The molecule has 0 bridgehead atoms. The first-order valence-corrected chi connectivity index (χ1v) is 9.57. The van der Waals surface area contributed by atoms with E-state index < -0.39 is 11.9 Å². The molecule has 2 aromatic rings. The summed E-state index contributed by atoms with van der Waals surface area (Å²) in [6.45, 7) is 0.162. The predicted octanol–water partition coefficient (Wildman–Crippen LogP) is 3.64. The summed E-state index contributed by atoms with van der Waals surface area (Å²) in [4.78, 5) is 24.1. The topological polar surface area (TPSA) is 79.2 Å². The number of carbonyl (C=O) groups excluding carboxylic acids is 2. The second-order valence-corrected chi connectivity index (χ2v) is 7.13. The van der Waals surface area contributed by atoms with Crippen molar-refractivity contribution >= 4 is 23.6 Å². The highest BCUT2D eigenvalue weighted by Crippen LogP contribution is 2.35. The van der Waals surface area contributed by atoms with Crippen molar-refractivity contribution in [1.29, 1.82) is 5.26 Å². The number of esters is 1. The Hall–Kier alpha value is -3.11. The predicted molar refractivity (Wildman–Crippen MR) is 103 cm³/mol. The van der Waals surface area contributed by atoms with E-state index in [1.54, 1.807) is 12.1 Å². The van der Waals surface area contributed by atoms with E-state index in [2.05, 4.69) is 11.4 Å². The fraction of sp³-hybridized carbons (Fsp3) is 0.190. The molecule has 0 fully saturated rings. The van der Waals surface area contributed by atoms with E-state index in [-0.39, 0.29) is 30.5 Å². The third-order valence-corrected chi connectivity index (χ3v) is 5.20. The van der Waals surface area contributed by atoms with Gasteiger partial charge in [-0.3, -0.25) is 9.59 Å². The molecule has 1 aliphatic heterocycles. The van der Waals surface area contributed by atoms with Gasteiger partial charge >= 0.3 is 5.97 Å². The number of hydrogen-bond donors (Lipinski definition) is 1. The van der Waals surface area contributed by atoms with Gasteiger partial charge in [0.2, 0.25) is 5.91 Å². The number of nitrogens with zero attached hydrogens (tertiary/aromatic N) is 1. The fourth-order valence-electron chi connectivity index (χ4n) is 2.82. The molecule has 7 heteroatoms. The van der Waals surface area contributed by atoms with Crippen molar-refractivity contribution in [1.82, 2.24) is 5.32 Å². The van der Waals surface area contributed by atoms with Crippen LogP contribution in [0.4, 0.5) is 4.39 Å². The molecule has 1 aliphatic rings. The highest BCUT2D eigenvalue weighted by atomic mass is 32.2. The van der Waals surface area contributed by atoms with Gasteiger partial charge in [0.05, 0.1) is 22.4 Å². The van der Waals surface area contributed by atoms with Crippen LogP contribution in [0.25, 0.3) is 0 Å². The summed E-state index contributed by atoms with van der Waals surface area (Å²) in [6, 6.07) is 17.1. The molecule has 0 aliphatic carbocycles. The lowest BCUT2D eigenvalue weighted by atomic mass is 9.87. The smallest absolute Gasteiger partial charge is 0.316 e. The molecule has 0 aromatic heterocycles. The van der Waals surface area contributed by atoms with Crippen LogP contribution in [0.3, 0.4) is 0 Å². The summed E-state index contributed by atoms with van der Waals surface area (Å²) in [5.74, 6) is -1.60. The van der Waals surface area contributed by atoms with Crippen LogP contribution in [0, 0.1) is 17.1 Å². The highest BCUT2D eigenvalue weighted by Gasteiger charge is 2.30. The molecule has 5 nitrogen and oxygen atoms in total. The van der Waals surface area contributed by atoms with E-state index in [0.717, 1.165) is 17.3 Å². The van der Waals surface area contributed by atoms with Crippen molar-refractivity contribution in [2.45, 2.75) is 18.9 Å². The van der Waals surface area contributed by atoms with Crippen LogP contribution in [-0.4, -0.2) is 17.6 Å². The summed E-state index contributed by atoms with van der Waals surface area (Å²) in [6.07, 6.45) is 0.0943. The van der Waals surface area contributed by atoms with Crippen molar-refractivity contribution in [3.05, 3.63) is 82.1 Å². The molecule has 1 atom stereocenters.